The molecule has 1 aliphatic heterocycles. The van der Waals surface area contributed by atoms with Crippen LogP contribution >= 0.6 is 23.2 Å². The Morgan fingerprint density at radius 3 is 2.53 bits per heavy atom. The number of hydrogen-bond acceptors (Lipinski definition) is 4. The molecule has 0 spiro atoms. The van der Waals surface area contributed by atoms with E-state index < -0.39 is 12.3 Å². The molecule has 8 heteroatoms. The van der Waals surface area contributed by atoms with Crippen LogP contribution in [0.2, 0.25) is 10.0 Å². The molecule has 1 aliphatic rings. The van der Waals surface area contributed by atoms with Crippen molar-refractivity contribution in [3.63, 3.8) is 0 Å². The molecule has 0 saturated heterocycles. The van der Waals surface area contributed by atoms with E-state index in [-0.39, 0.29) is 46.0 Å². The molecule has 17 heavy (non-hydrogen) atoms. The van der Waals surface area contributed by atoms with E-state index in [4.69, 9.17) is 37.8 Å². The number of benzene rings is 1. The van der Waals surface area contributed by atoms with E-state index in [1.54, 1.807) is 0 Å². The van der Waals surface area contributed by atoms with Gasteiger partial charge in [0.05, 0.1) is 5.02 Å². The summed E-state index contributed by atoms with van der Waals surface area (Å²) in [5.41, 5.74) is 0.111. The van der Waals surface area contributed by atoms with Crippen molar-refractivity contribution in [3.05, 3.63) is 21.7 Å². The number of carboxylic acid groups (broad SMARTS) is 1. The minimum absolute atomic E-state index is 0. The molecule has 86 valence electrons. The first-order valence-electron chi connectivity index (χ1n) is 4.08. The average molecular weight is 271 g/mol. The maximum absolute atomic E-state index is 10.6. The third-order valence-corrected chi connectivity index (χ3v) is 2.81. The van der Waals surface area contributed by atoms with Crippen molar-refractivity contribution in [2.24, 2.45) is 0 Å². The normalized spacial score (nSPS) is 16.2. The third kappa shape index (κ3) is 2.38. The van der Waals surface area contributed by atoms with Gasteiger partial charge < -0.3 is 14.6 Å². The fourth-order valence-corrected chi connectivity index (χ4v) is 1.67. The van der Waals surface area contributed by atoms with Gasteiger partial charge in [-0.15, -0.1) is 0 Å². The first kappa shape index (κ1) is 14.2. The van der Waals surface area contributed by atoms with E-state index in [1.165, 1.54) is 6.07 Å². The second kappa shape index (κ2) is 5.19. The molecule has 0 aliphatic carbocycles. The van der Waals surface area contributed by atoms with Gasteiger partial charge >= 0.3 is 31.1 Å². The van der Waals surface area contributed by atoms with Gasteiger partial charge in [0.1, 0.15) is 5.02 Å². The summed E-state index contributed by atoms with van der Waals surface area (Å²) in [6, 6.07) is 1.28. The third-order valence-electron chi connectivity index (χ3n) is 1.94. The molecular formula is C9H5Cl2LiO5. The summed E-state index contributed by atoms with van der Waals surface area (Å²) >= 11 is 11.6. The van der Waals surface area contributed by atoms with E-state index in [2.05, 4.69) is 0 Å². The zero-order chi connectivity index (χ0) is 11.9. The summed E-state index contributed by atoms with van der Waals surface area (Å²) in [6.45, 7) is 0. The van der Waals surface area contributed by atoms with E-state index in [0.29, 0.717) is 6.29 Å². The second-order valence-corrected chi connectivity index (χ2v) is 3.70. The van der Waals surface area contributed by atoms with Crippen molar-refractivity contribution in [1.29, 1.82) is 0 Å². The van der Waals surface area contributed by atoms with E-state index in [1.807, 2.05) is 0 Å². The number of carbonyl (C=O) groups is 2. The molecule has 1 unspecified atom stereocenters. The predicted octanol–water partition coefficient (Wildman–Crippen LogP) is 1.34. The summed E-state index contributed by atoms with van der Waals surface area (Å²) in [5, 5.41) is 8.64. The minimum atomic E-state index is -1.47. The van der Waals surface area contributed by atoms with Crippen molar-refractivity contribution in [2.45, 2.75) is 6.29 Å². The zero-order valence-corrected chi connectivity index (χ0v) is 9.08. The van der Waals surface area contributed by atoms with Gasteiger partial charge in [-0.3, -0.25) is 4.79 Å². The number of carbonyl (C=O) groups excluding carboxylic acids is 1. The van der Waals surface area contributed by atoms with Gasteiger partial charge in [0, 0.05) is 5.56 Å². The summed E-state index contributed by atoms with van der Waals surface area (Å²) in [4.78, 5) is 21.3. The van der Waals surface area contributed by atoms with Gasteiger partial charge in [-0.05, 0) is 6.07 Å². The first-order chi connectivity index (χ1) is 7.54. The summed E-state index contributed by atoms with van der Waals surface area (Å²) in [7, 11) is 0. The predicted molar refractivity (Wildman–Crippen MR) is 61.7 cm³/mol. The molecule has 1 aromatic carbocycles. The number of rotatable bonds is 2. The van der Waals surface area contributed by atoms with Gasteiger partial charge in [-0.1, -0.05) is 23.2 Å². The van der Waals surface area contributed by atoms with Crippen LogP contribution in [0.3, 0.4) is 0 Å². The number of fused-ring (bicyclic) bond motifs is 1. The number of carboxylic acids is 1. The molecule has 0 saturated carbocycles. The monoisotopic (exact) mass is 270 g/mol. The van der Waals surface area contributed by atoms with E-state index >= 15 is 0 Å². The number of halogens is 2. The SMILES string of the molecule is O=Cc1cc2c(c(Cl)c1Cl)OC(C(=O)O)O2.[LiH]. The van der Waals surface area contributed by atoms with Crippen LogP contribution in [0.4, 0.5) is 0 Å². The summed E-state index contributed by atoms with van der Waals surface area (Å²) in [5.74, 6) is -1.18. The molecule has 0 fully saturated rings. The molecule has 2 rings (SSSR count). The molecule has 0 amide bonds. The zero-order valence-electron chi connectivity index (χ0n) is 7.57. The van der Waals surface area contributed by atoms with Crippen molar-refractivity contribution in [1.82, 2.24) is 0 Å². The van der Waals surface area contributed by atoms with Gasteiger partial charge in [0.15, 0.2) is 17.8 Å². The van der Waals surface area contributed by atoms with Crippen molar-refractivity contribution < 1.29 is 24.2 Å². The Labute approximate surface area is 118 Å². The quantitative estimate of drug-likeness (QED) is 0.649. The Bertz CT molecular complexity index is 491. The van der Waals surface area contributed by atoms with Gasteiger partial charge in [0.2, 0.25) is 0 Å². The average Bonchev–Trinajstić information content (AvgIpc) is 2.67. The van der Waals surface area contributed by atoms with Gasteiger partial charge in [0.25, 0.3) is 0 Å². The molecule has 0 bridgehead atoms. The van der Waals surface area contributed by atoms with Crippen LogP contribution < -0.4 is 9.47 Å². The molecule has 1 atom stereocenters. The molecule has 1 aromatic rings. The number of aliphatic carboxylic acids is 1. The van der Waals surface area contributed by atoms with Crippen LogP contribution in [0.15, 0.2) is 6.07 Å². The van der Waals surface area contributed by atoms with Crippen LogP contribution in [-0.2, 0) is 4.79 Å². The van der Waals surface area contributed by atoms with Crippen LogP contribution in [-0.4, -0.2) is 42.5 Å². The molecule has 1 N–H and O–H groups in total. The van der Waals surface area contributed by atoms with Gasteiger partial charge in [-0.2, -0.15) is 0 Å². The fourth-order valence-electron chi connectivity index (χ4n) is 1.24. The maximum atomic E-state index is 10.6. The Hall–Kier alpha value is -0.863. The number of hydrogen-bond donors (Lipinski definition) is 1. The summed E-state index contributed by atoms with van der Waals surface area (Å²) in [6.07, 6.45) is -0.975. The van der Waals surface area contributed by atoms with Crippen molar-refractivity contribution in [2.75, 3.05) is 0 Å². The Kier molecular flexibility index (Phi) is 4.34. The van der Waals surface area contributed by atoms with Crippen LogP contribution in [0, 0.1) is 0 Å². The topological polar surface area (TPSA) is 72.8 Å². The fraction of sp³-hybridized carbons (Fsp3) is 0.111. The van der Waals surface area contributed by atoms with E-state index in [9.17, 15) is 9.59 Å². The van der Waals surface area contributed by atoms with Crippen LogP contribution in [0.1, 0.15) is 10.4 Å². The van der Waals surface area contributed by atoms with E-state index in [0.717, 1.165) is 0 Å². The van der Waals surface area contributed by atoms with Crippen molar-refractivity contribution >= 4 is 54.3 Å². The molecular weight excluding hydrogens is 266 g/mol. The number of aldehydes is 1. The van der Waals surface area contributed by atoms with Crippen LogP contribution in [0.5, 0.6) is 11.5 Å². The van der Waals surface area contributed by atoms with Gasteiger partial charge in [-0.25, -0.2) is 4.79 Å². The molecule has 1 heterocycles. The Balaban J connectivity index is 0.00000144. The number of ether oxygens (including phenoxy) is 2. The first-order valence-corrected chi connectivity index (χ1v) is 4.83. The molecule has 0 aromatic heterocycles. The second-order valence-electron chi connectivity index (χ2n) is 2.94. The van der Waals surface area contributed by atoms with Crippen LogP contribution in [0.25, 0.3) is 0 Å². The summed E-state index contributed by atoms with van der Waals surface area (Å²) < 4.78 is 9.85. The molecule has 5 nitrogen and oxygen atoms in total. The Morgan fingerprint density at radius 2 is 2.00 bits per heavy atom. The van der Waals surface area contributed by atoms with Crippen molar-refractivity contribution in [3.8, 4) is 11.5 Å². The Morgan fingerprint density at radius 1 is 1.35 bits per heavy atom. The standard InChI is InChI=1S/C9H4Cl2O5.Li.H/c10-5-3(2-12)1-4-7(6(5)11)16-9(15-4)8(13)14;;/h1-2,9H,(H,13,14);;. The molecule has 0 radical (unpaired) electrons.